The third kappa shape index (κ3) is 5.12. The van der Waals surface area contributed by atoms with Crippen molar-refractivity contribution in [1.29, 1.82) is 0 Å². The van der Waals surface area contributed by atoms with Crippen molar-refractivity contribution in [3.63, 3.8) is 0 Å². The van der Waals surface area contributed by atoms with Crippen LogP contribution in [0.5, 0.6) is 0 Å². The van der Waals surface area contributed by atoms with Gasteiger partial charge in [-0.15, -0.1) is 0 Å². The smallest absolute Gasteiger partial charge is 0.411 e. The van der Waals surface area contributed by atoms with Crippen molar-refractivity contribution in [2.75, 3.05) is 11.9 Å². The van der Waals surface area contributed by atoms with Crippen molar-refractivity contribution in [2.45, 2.75) is 26.2 Å². The summed E-state index contributed by atoms with van der Waals surface area (Å²) in [5.41, 5.74) is 2.31. The molecule has 0 aliphatic rings. The first-order chi connectivity index (χ1) is 11.6. The summed E-state index contributed by atoms with van der Waals surface area (Å²) in [6.45, 7) is 2.25. The monoisotopic (exact) mass is 327 g/mol. The van der Waals surface area contributed by atoms with Crippen molar-refractivity contribution in [3.8, 4) is 0 Å². The van der Waals surface area contributed by atoms with Gasteiger partial charge in [-0.05, 0) is 29.7 Å². The highest BCUT2D eigenvalue weighted by atomic mass is 16.5. The maximum atomic E-state index is 11.9. The minimum atomic E-state index is -1.08. The molecule has 0 fully saturated rings. The van der Waals surface area contributed by atoms with Gasteiger partial charge < -0.3 is 9.84 Å². The fraction of sp³-hybridized carbons (Fsp3) is 0.263. The fourth-order valence-electron chi connectivity index (χ4n) is 2.37. The van der Waals surface area contributed by atoms with Crippen LogP contribution in [0, 0.1) is 0 Å². The highest BCUT2D eigenvalue weighted by Crippen LogP contribution is 2.19. The predicted molar refractivity (Wildman–Crippen MR) is 92.5 cm³/mol. The number of amides is 1. The third-order valence-electron chi connectivity index (χ3n) is 3.56. The van der Waals surface area contributed by atoms with Crippen molar-refractivity contribution in [3.05, 3.63) is 65.2 Å². The van der Waals surface area contributed by atoms with E-state index in [-0.39, 0.29) is 17.9 Å². The minimum absolute atomic E-state index is 0.0703. The number of benzene rings is 2. The number of aromatic carboxylic acids is 1. The van der Waals surface area contributed by atoms with Crippen LogP contribution in [-0.2, 0) is 17.6 Å². The summed E-state index contributed by atoms with van der Waals surface area (Å²) in [4.78, 5) is 23.2. The van der Waals surface area contributed by atoms with E-state index in [9.17, 15) is 14.7 Å². The van der Waals surface area contributed by atoms with E-state index >= 15 is 0 Å². The molecule has 0 aliphatic carbocycles. The maximum Gasteiger partial charge on any atom is 0.411 e. The molecule has 0 spiro atoms. The summed E-state index contributed by atoms with van der Waals surface area (Å²) < 4.78 is 5.12. The van der Waals surface area contributed by atoms with Crippen LogP contribution in [-0.4, -0.2) is 23.8 Å². The van der Waals surface area contributed by atoms with Gasteiger partial charge in [-0.25, -0.2) is 9.59 Å². The van der Waals surface area contributed by atoms with Gasteiger partial charge in [-0.3, -0.25) is 5.32 Å². The number of anilines is 1. The summed E-state index contributed by atoms with van der Waals surface area (Å²) in [7, 11) is 0. The first-order valence-electron chi connectivity index (χ1n) is 7.94. The largest absolute Gasteiger partial charge is 0.478 e. The molecule has 0 atom stereocenters. The second kappa shape index (κ2) is 8.72. The molecule has 126 valence electrons. The number of carboxylic acids is 1. The van der Waals surface area contributed by atoms with Crippen molar-refractivity contribution in [2.24, 2.45) is 0 Å². The molecule has 0 saturated carbocycles. The molecule has 0 unspecified atom stereocenters. The molecular formula is C19H21NO4. The Labute approximate surface area is 141 Å². The van der Waals surface area contributed by atoms with Gasteiger partial charge in [0, 0.05) is 6.42 Å². The van der Waals surface area contributed by atoms with Crippen molar-refractivity contribution in [1.82, 2.24) is 0 Å². The van der Waals surface area contributed by atoms with Gasteiger partial charge in [-0.2, -0.15) is 0 Å². The molecule has 0 bridgehead atoms. The molecule has 5 nitrogen and oxygen atoms in total. The lowest BCUT2D eigenvalue weighted by Crippen LogP contribution is -2.17. The number of nitrogens with one attached hydrogen (secondary N) is 1. The van der Waals surface area contributed by atoms with E-state index < -0.39 is 12.1 Å². The number of rotatable bonds is 7. The number of carbonyl (C=O) groups is 2. The summed E-state index contributed by atoms with van der Waals surface area (Å²) in [6, 6.07) is 14.7. The molecule has 0 radical (unpaired) electrons. The third-order valence-corrected chi connectivity index (χ3v) is 3.56. The van der Waals surface area contributed by atoms with Gasteiger partial charge in [-0.1, -0.05) is 49.7 Å². The van der Waals surface area contributed by atoms with Crippen LogP contribution in [0.15, 0.2) is 48.5 Å². The second-order valence-corrected chi connectivity index (χ2v) is 5.43. The molecule has 0 aromatic heterocycles. The predicted octanol–water partition coefficient (Wildman–Crippen LogP) is 4.13. The average Bonchev–Trinajstić information content (AvgIpc) is 2.57. The molecule has 24 heavy (non-hydrogen) atoms. The highest BCUT2D eigenvalue weighted by Gasteiger charge is 2.14. The number of aryl methyl sites for hydroxylation is 1. The summed E-state index contributed by atoms with van der Waals surface area (Å²) in [5, 5.41) is 11.8. The van der Waals surface area contributed by atoms with Gasteiger partial charge in [0.25, 0.3) is 0 Å². The minimum Gasteiger partial charge on any atom is -0.478 e. The van der Waals surface area contributed by atoms with Gasteiger partial charge in [0.05, 0.1) is 17.9 Å². The van der Waals surface area contributed by atoms with Crippen LogP contribution >= 0.6 is 0 Å². The van der Waals surface area contributed by atoms with Gasteiger partial charge >= 0.3 is 12.1 Å². The van der Waals surface area contributed by atoms with E-state index in [1.807, 2.05) is 43.3 Å². The molecule has 5 heteroatoms. The molecule has 2 rings (SSSR count). The van der Waals surface area contributed by atoms with E-state index in [1.54, 1.807) is 12.1 Å². The summed E-state index contributed by atoms with van der Waals surface area (Å²) in [6.07, 6.45) is 1.67. The van der Waals surface area contributed by atoms with Crippen LogP contribution in [0.25, 0.3) is 0 Å². The van der Waals surface area contributed by atoms with Gasteiger partial charge in [0.2, 0.25) is 0 Å². The lowest BCUT2D eigenvalue weighted by Gasteiger charge is -2.11. The Morgan fingerprint density at radius 3 is 2.46 bits per heavy atom. The van der Waals surface area contributed by atoms with E-state index in [0.29, 0.717) is 6.42 Å². The second-order valence-electron chi connectivity index (χ2n) is 5.43. The van der Waals surface area contributed by atoms with E-state index in [0.717, 1.165) is 24.0 Å². The average molecular weight is 327 g/mol. The lowest BCUT2D eigenvalue weighted by molar-refractivity contribution is 0.0698. The topological polar surface area (TPSA) is 75.6 Å². The van der Waals surface area contributed by atoms with Crippen LogP contribution in [0.4, 0.5) is 10.5 Å². The molecule has 2 N–H and O–H groups in total. The first-order valence-corrected chi connectivity index (χ1v) is 7.94. The Kier molecular flexibility index (Phi) is 6.37. The SMILES string of the molecule is CCCc1ccc(NC(=O)OCCc2ccccc2)c(C(=O)O)c1. The van der Waals surface area contributed by atoms with Gasteiger partial charge in [0.15, 0.2) is 0 Å². The molecule has 2 aromatic carbocycles. The van der Waals surface area contributed by atoms with E-state index in [2.05, 4.69) is 5.32 Å². The summed E-state index contributed by atoms with van der Waals surface area (Å²) >= 11 is 0. The number of carboxylic acid groups (broad SMARTS) is 1. The van der Waals surface area contributed by atoms with E-state index in [1.165, 1.54) is 0 Å². The normalized spacial score (nSPS) is 10.2. The molecule has 0 aliphatic heterocycles. The first kappa shape index (κ1) is 17.5. The Morgan fingerprint density at radius 1 is 1.04 bits per heavy atom. The molecule has 2 aromatic rings. The zero-order valence-corrected chi connectivity index (χ0v) is 13.6. The molecular weight excluding hydrogens is 306 g/mol. The summed E-state index contributed by atoms with van der Waals surface area (Å²) in [5.74, 6) is -1.08. The standard InChI is InChI=1S/C19H21NO4/c1-2-6-15-9-10-17(16(13-15)18(21)22)20-19(23)24-12-11-14-7-4-3-5-8-14/h3-5,7-10,13H,2,6,11-12H2,1H3,(H,20,23)(H,21,22). The number of carbonyl (C=O) groups excluding carboxylic acids is 1. The maximum absolute atomic E-state index is 11.9. The van der Waals surface area contributed by atoms with Crippen molar-refractivity contribution < 1.29 is 19.4 Å². The van der Waals surface area contributed by atoms with Crippen molar-refractivity contribution >= 4 is 17.7 Å². The fourth-order valence-corrected chi connectivity index (χ4v) is 2.37. The highest BCUT2D eigenvalue weighted by molar-refractivity contribution is 5.98. The lowest BCUT2D eigenvalue weighted by atomic mass is 10.1. The Bertz CT molecular complexity index is 698. The Balaban J connectivity index is 1.94. The molecule has 0 heterocycles. The van der Waals surface area contributed by atoms with Gasteiger partial charge in [0.1, 0.15) is 0 Å². The zero-order valence-electron chi connectivity index (χ0n) is 13.6. The van der Waals surface area contributed by atoms with Crippen LogP contribution in [0.1, 0.15) is 34.8 Å². The number of hydrogen-bond donors (Lipinski definition) is 2. The van der Waals surface area contributed by atoms with Crippen LogP contribution in [0.2, 0.25) is 0 Å². The molecule has 0 saturated heterocycles. The van der Waals surface area contributed by atoms with E-state index in [4.69, 9.17) is 4.74 Å². The van der Waals surface area contributed by atoms with Crippen LogP contribution in [0.3, 0.4) is 0 Å². The van der Waals surface area contributed by atoms with Crippen LogP contribution < -0.4 is 5.32 Å². The number of ether oxygens (including phenoxy) is 1. The zero-order chi connectivity index (χ0) is 17.4. The molecule has 1 amide bonds. The quantitative estimate of drug-likeness (QED) is 0.802. The Hall–Kier alpha value is -2.82. The Morgan fingerprint density at radius 2 is 1.79 bits per heavy atom. The number of hydrogen-bond acceptors (Lipinski definition) is 3.